The fraction of sp³-hybridized carbons (Fsp3) is 0.636. The van der Waals surface area contributed by atoms with Gasteiger partial charge >= 0.3 is 0 Å². The highest BCUT2D eigenvalue weighted by molar-refractivity contribution is 7.98. The quantitative estimate of drug-likeness (QED) is 0.600. The summed E-state index contributed by atoms with van der Waals surface area (Å²) in [5, 5.41) is 0. The van der Waals surface area contributed by atoms with Crippen LogP contribution in [-0.2, 0) is 0 Å². The molecule has 0 unspecified atom stereocenters. The minimum absolute atomic E-state index is 0.760. The Balaban J connectivity index is 2.42. The normalized spacial score (nSPS) is 23.5. The van der Waals surface area contributed by atoms with Crippen LogP contribution in [0.3, 0.4) is 0 Å². The molecule has 1 atom stereocenters. The topological polar surface area (TPSA) is 0 Å². The van der Waals surface area contributed by atoms with Crippen molar-refractivity contribution in [1.29, 1.82) is 0 Å². The second-order valence-electron chi connectivity index (χ2n) is 3.61. The molecule has 1 aliphatic rings. The zero-order chi connectivity index (χ0) is 8.97. The summed E-state index contributed by atoms with van der Waals surface area (Å²) in [7, 11) is 0. The number of allylic oxidation sites excluding steroid dienone is 2. The van der Waals surface area contributed by atoms with E-state index in [2.05, 4.69) is 25.8 Å². The second kappa shape index (κ2) is 4.76. The van der Waals surface area contributed by atoms with E-state index >= 15 is 0 Å². The van der Waals surface area contributed by atoms with E-state index in [1.165, 1.54) is 30.6 Å². The average molecular weight is 182 g/mol. The zero-order valence-corrected chi connectivity index (χ0v) is 8.91. The molecule has 0 aromatic heterocycles. The van der Waals surface area contributed by atoms with Gasteiger partial charge in [0.15, 0.2) is 0 Å². The highest BCUT2D eigenvalue weighted by Gasteiger charge is 2.13. The van der Waals surface area contributed by atoms with Crippen LogP contribution in [-0.4, -0.2) is 12.0 Å². The van der Waals surface area contributed by atoms with E-state index in [1.807, 2.05) is 11.8 Å². The highest BCUT2D eigenvalue weighted by atomic mass is 32.2. The smallest absolute Gasteiger partial charge is 0.0140 e. The van der Waals surface area contributed by atoms with Gasteiger partial charge < -0.3 is 0 Å². The molecule has 0 amide bonds. The molecule has 1 rings (SSSR count). The molecule has 0 spiro atoms. The van der Waals surface area contributed by atoms with Crippen molar-refractivity contribution in [1.82, 2.24) is 0 Å². The van der Waals surface area contributed by atoms with Crippen LogP contribution < -0.4 is 0 Å². The standard InChI is InChI=1S/C11H18S/c1-9(2)11-6-4-10(5-7-11)8-12-3/h4,11H,1,5-8H2,2-3H3/t11-/m1/s1. The van der Waals surface area contributed by atoms with Gasteiger partial charge in [-0.1, -0.05) is 23.8 Å². The van der Waals surface area contributed by atoms with E-state index < -0.39 is 0 Å². The molecule has 68 valence electrons. The van der Waals surface area contributed by atoms with Crippen LogP contribution in [0.15, 0.2) is 23.8 Å². The van der Waals surface area contributed by atoms with E-state index in [-0.39, 0.29) is 0 Å². The minimum Gasteiger partial charge on any atom is -0.161 e. The molecule has 0 radical (unpaired) electrons. The summed E-state index contributed by atoms with van der Waals surface area (Å²) in [6, 6.07) is 0. The maximum absolute atomic E-state index is 4.02. The first-order chi connectivity index (χ1) is 5.74. The maximum Gasteiger partial charge on any atom is 0.0140 e. The van der Waals surface area contributed by atoms with Crippen molar-refractivity contribution in [2.45, 2.75) is 26.2 Å². The summed E-state index contributed by atoms with van der Waals surface area (Å²) in [6.45, 7) is 6.17. The van der Waals surface area contributed by atoms with Gasteiger partial charge in [-0.3, -0.25) is 0 Å². The van der Waals surface area contributed by atoms with Gasteiger partial charge in [0, 0.05) is 5.75 Å². The van der Waals surface area contributed by atoms with Crippen LogP contribution in [0.1, 0.15) is 26.2 Å². The third-order valence-electron chi connectivity index (χ3n) is 2.53. The van der Waals surface area contributed by atoms with Gasteiger partial charge in [-0.2, -0.15) is 11.8 Å². The molecule has 1 aliphatic carbocycles. The van der Waals surface area contributed by atoms with Crippen LogP contribution in [0, 0.1) is 5.92 Å². The lowest BCUT2D eigenvalue weighted by atomic mass is 9.86. The Morgan fingerprint density at radius 3 is 2.92 bits per heavy atom. The molecule has 12 heavy (non-hydrogen) atoms. The van der Waals surface area contributed by atoms with Gasteiger partial charge in [0.25, 0.3) is 0 Å². The number of hydrogen-bond acceptors (Lipinski definition) is 1. The van der Waals surface area contributed by atoms with Crippen molar-refractivity contribution >= 4 is 11.8 Å². The summed E-state index contributed by atoms with van der Waals surface area (Å²) in [5.74, 6) is 1.98. The number of thioether (sulfide) groups is 1. The largest absolute Gasteiger partial charge is 0.161 e. The number of hydrogen-bond donors (Lipinski definition) is 0. The Labute approximate surface area is 80.1 Å². The van der Waals surface area contributed by atoms with E-state index in [0.29, 0.717) is 0 Å². The molecule has 0 aromatic rings. The Morgan fingerprint density at radius 2 is 2.50 bits per heavy atom. The van der Waals surface area contributed by atoms with Gasteiger partial charge in [-0.05, 0) is 38.4 Å². The molecule has 0 nitrogen and oxygen atoms in total. The molecule has 0 saturated carbocycles. The summed E-state index contributed by atoms with van der Waals surface area (Å²) < 4.78 is 0. The van der Waals surface area contributed by atoms with E-state index in [0.717, 1.165) is 5.92 Å². The average Bonchev–Trinajstić information content (AvgIpc) is 2.06. The van der Waals surface area contributed by atoms with Crippen molar-refractivity contribution in [3.63, 3.8) is 0 Å². The lowest BCUT2D eigenvalue weighted by molar-refractivity contribution is 0.541. The zero-order valence-electron chi connectivity index (χ0n) is 8.10. The first-order valence-electron chi connectivity index (χ1n) is 4.56. The Hall–Kier alpha value is -0.170. The summed E-state index contributed by atoms with van der Waals surface area (Å²) in [5.41, 5.74) is 2.99. The summed E-state index contributed by atoms with van der Waals surface area (Å²) >= 11 is 1.93. The summed E-state index contributed by atoms with van der Waals surface area (Å²) in [6.07, 6.45) is 8.43. The first-order valence-corrected chi connectivity index (χ1v) is 5.95. The second-order valence-corrected chi connectivity index (χ2v) is 4.48. The van der Waals surface area contributed by atoms with Crippen molar-refractivity contribution in [2.75, 3.05) is 12.0 Å². The minimum atomic E-state index is 0.760. The molecule has 0 heterocycles. The Bertz CT molecular complexity index is 191. The van der Waals surface area contributed by atoms with Gasteiger partial charge in [0.2, 0.25) is 0 Å². The van der Waals surface area contributed by atoms with Crippen molar-refractivity contribution in [2.24, 2.45) is 5.92 Å². The van der Waals surface area contributed by atoms with Crippen LogP contribution in [0.25, 0.3) is 0 Å². The van der Waals surface area contributed by atoms with Crippen molar-refractivity contribution in [3.8, 4) is 0 Å². The number of rotatable bonds is 3. The molecule has 0 N–H and O–H groups in total. The molecule has 0 aromatic carbocycles. The maximum atomic E-state index is 4.02. The third-order valence-corrected chi connectivity index (χ3v) is 3.19. The molecule has 0 bridgehead atoms. The lowest BCUT2D eigenvalue weighted by Crippen LogP contribution is -2.07. The predicted octanol–water partition coefficient (Wildman–Crippen LogP) is 3.65. The molecule has 0 fully saturated rings. The highest BCUT2D eigenvalue weighted by Crippen LogP contribution is 2.29. The van der Waals surface area contributed by atoms with Crippen molar-refractivity contribution in [3.05, 3.63) is 23.8 Å². The van der Waals surface area contributed by atoms with Crippen LogP contribution in [0.5, 0.6) is 0 Å². The first kappa shape index (κ1) is 9.91. The van der Waals surface area contributed by atoms with E-state index in [1.54, 1.807) is 5.57 Å². The Kier molecular flexibility index (Phi) is 3.93. The van der Waals surface area contributed by atoms with Gasteiger partial charge in [0.05, 0.1) is 0 Å². The Morgan fingerprint density at radius 1 is 1.75 bits per heavy atom. The molecular formula is C11H18S. The van der Waals surface area contributed by atoms with E-state index in [4.69, 9.17) is 0 Å². The molecule has 0 aliphatic heterocycles. The van der Waals surface area contributed by atoms with Gasteiger partial charge in [0.1, 0.15) is 0 Å². The van der Waals surface area contributed by atoms with Crippen molar-refractivity contribution < 1.29 is 0 Å². The summed E-state index contributed by atoms with van der Waals surface area (Å²) in [4.78, 5) is 0. The van der Waals surface area contributed by atoms with Gasteiger partial charge in [-0.25, -0.2) is 0 Å². The molecular weight excluding hydrogens is 164 g/mol. The van der Waals surface area contributed by atoms with Crippen LogP contribution in [0.4, 0.5) is 0 Å². The molecule has 0 saturated heterocycles. The fourth-order valence-electron chi connectivity index (χ4n) is 1.65. The van der Waals surface area contributed by atoms with Crippen LogP contribution >= 0.6 is 11.8 Å². The predicted molar refractivity (Wildman–Crippen MR) is 58.6 cm³/mol. The van der Waals surface area contributed by atoms with Gasteiger partial charge in [-0.15, -0.1) is 0 Å². The third kappa shape index (κ3) is 2.71. The monoisotopic (exact) mass is 182 g/mol. The van der Waals surface area contributed by atoms with E-state index in [9.17, 15) is 0 Å². The SMILES string of the molecule is C=C(C)[C@@H]1CC=C(CSC)CC1. The van der Waals surface area contributed by atoms with Crippen LogP contribution in [0.2, 0.25) is 0 Å². The lowest BCUT2D eigenvalue weighted by Gasteiger charge is -2.21. The molecule has 1 heteroatoms. The fourth-order valence-corrected chi connectivity index (χ4v) is 2.29.